The molecule has 0 aromatic heterocycles. The second-order valence-corrected chi connectivity index (χ2v) is 6.42. The minimum atomic E-state index is -1.15. The van der Waals surface area contributed by atoms with Gasteiger partial charge in [0, 0.05) is 0 Å². The third-order valence-corrected chi connectivity index (χ3v) is 4.22. The Morgan fingerprint density at radius 3 is 1.27 bits per heavy atom. The summed E-state index contributed by atoms with van der Waals surface area (Å²) in [6.07, 6.45) is 20.1. The molecule has 3 heteroatoms. The molecule has 1 N–H and O–H groups in total. The molecule has 0 fully saturated rings. The van der Waals surface area contributed by atoms with E-state index in [2.05, 4.69) is 11.7 Å². The molecule has 0 saturated heterocycles. The van der Waals surface area contributed by atoms with Crippen LogP contribution in [0.5, 0.6) is 0 Å². The van der Waals surface area contributed by atoms with Gasteiger partial charge in [-0.3, -0.25) is 0 Å². The first kappa shape index (κ1) is 21.3. The summed E-state index contributed by atoms with van der Waals surface area (Å²) in [5.41, 5.74) is 0. The molecule has 132 valence electrons. The molecular weight excluding hydrogens is 276 g/mol. The summed E-state index contributed by atoms with van der Waals surface area (Å²) >= 11 is 0. The van der Waals surface area contributed by atoms with Gasteiger partial charge < -0.3 is 9.84 Å². The smallest absolute Gasteiger partial charge is 0.450 e. The van der Waals surface area contributed by atoms with Gasteiger partial charge in [-0.1, -0.05) is 103 Å². The molecule has 0 aromatic rings. The van der Waals surface area contributed by atoms with Crippen LogP contribution in [0.1, 0.15) is 110 Å². The number of rotatable bonds is 17. The zero-order valence-electron chi connectivity index (χ0n) is 14.8. The minimum Gasteiger partial charge on any atom is -0.450 e. The molecule has 0 atom stereocenters. The fourth-order valence-corrected chi connectivity index (χ4v) is 2.81. The van der Waals surface area contributed by atoms with E-state index in [-0.39, 0.29) is 0 Å². The molecule has 0 aromatic carbocycles. The quantitative estimate of drug-likeness (QED) is 0.233. The average Bonchev–Trinajstić information content (AvgIpc) is 2.50. The lowest BCUT2D eigenvalue weighted by molar-refractivity contribution is 0.0899. The van der Waals surface area contributed by atoms with Crippen LogP contribution in [0.15, 0.2) is 0 Å². The van der Waals surface area contributed by atoms with E-state index < -0.39 is 6.16 Å². The lowest BCUT2D eigenvalue weighted by Gasteiger charge is -2.03. The normalized spacial score (nSPS) is 10.8. The summed E-state index contributed by atoms with van der Waals surface area (Å²) in [4.78, 5) is 10.1. The third-order valence-electron chi connectivity index (χ3n) is 4.22. The predicted molar refractivity (Wildman–Crippen MR) is 93.5 cm³/mol. The van der Waals surface area contributed by atoms with Crippen LogP contribution >= 0.6 is 0 Å². The van der Waals surface area contributed by atoms with Gasteiger partial charge in [-0.05, 0) is 6.42 Å². The summed E-state index contributed by atoms with van der Waals surface area (Å²) in [6, 6.07) is 0. The monoisotopic (exact) mass is 314 g/mol. The van der Waals surface area contributed by atoms with Crippen molar-refractivity contribution in [2.45, 2.75) is 110 Å². The van der Waals surface area contributed by atoms with E-state index in [1.165, 1.54) is 89.9 Å². The van der Waals surface area contributed by atoms with Crippen molar-refractivity contribution < 1.29 is 14.6 Å². The highest BCUT2D eigenvalue weighted by atomic mass is 16.7. The predicted octanol–water partition coefficient (Wildman–Crippen LogP) is 6.94. The molecule has 0 amide bonds. The van der Waals surface area contributed by atoms with E-state index in [9.17, 15) is 4.79 Å². The van der Waals surface area contributed by atoms with Crippen LogP contribution in [0.25, 0.3) is 0 Å². The molecule has 0 radical (unpaired) electrons. The van der Waals surface area contributed by atoms with Crippen molar-refractivity contribution in [1.29, 1.82) is 0 Å². The fourth-order valence-electron chi connectivity index (χ4n) is 2.81. The molecule has 0 aliphatic heterocycles. The van der Waals surface area contributed by atoms with Gasteiger partial charge >= 0.3 is 6.16 Å². The molecule has 0 rings (SSSR count). The van der Waals surface area contributed by atoms with Gasteiger partial charge in [0.15, 0.2) is 0 Å². The molecular formula is C19H38O3. The molecule has 0 aliphatic rings. The second-order valence-electron chi connectivity index (χ2n) is 6.42. The van der Waals surface area contributed by atoms with E-state index in [1.807, 2.05) is 0 Å². The van der Waals surface area contributed by atoms with Crippen molar-refractivity contribution in [3.8, 4) is 0 Å². The van der Waals surface area contributed by atoms with E-state index in [4.69, 9.17) is 5.11 Å². The Labute approximate surface area is 137 Å². The van der Waals surface area contributed by atoms with Gasteiger partial charge in [-0.2, -0.15) is 0 Å². The van der Waals surface area contributed by atoms with E-state index in [0.29, 0.717) is 6.61 Å². The van der Waals surface area contributed by atoms with Gasteiger partial charge in [0.1, 0.15) is 0 Å². The van der Waals surface area contributed by atoms with Gasteiger partial charge in [0.2, 0.25) is 0 Å². The number of unbranched alkanes of at least 4 members (excludes halogenated alkanes) is 15. The van der Waals surface area contributed by atoms with Crippen molar-refractivity contribution in [2.75, 3.05) is 6.61 Å². The standard InChI is InChI=1S/C19H38O3/c1-2-3-4-5-6-7-8-9-10-11-12-13-14-15-16-17-18-22-19(20)21/h2-18H2,1H3,(H,20,21). The summed E-state index contributed by atoms with van der Waals surface area (Å²) in [5, 5.41) is 8.32. The first-order valence-electron chi connectivity index (χ1n) is 9.63. The zero-order chi connectivity index (χ0) is 16.3. The minimum absolute atomic E-state index is 0.355. The highest BCUT2D eigenvalue weighted by Crippen LogP contribution is 2.13. The van der Waals surface area contributed by atoms with Crippen molar-refractivity contribution in [3.63, 3.8) is 0 Å². The van der Waals surface area contributed by atoms with Crippen LogP contribution in [0, 0.1) is 0 Å². The fraction of sp³-hybridized carbons (Fsp3) is 0.947. The Morgan fingerprint density at radius 1 is 0.636 bits per heavy atom. The lowest BCUT2D eigenvalue weighted by atomic mass is 10.0. The Morgan fingerprint density at radius 2 is 0.955 bits per heavy atom. The maximum absolute atomic E-state index is 10.1. The first-order valence-corrected chi connectivity index (χ1v) is 9.63. The molecule has 0 saturated carbocycles. The van der Waals surface area contributed by atoms with Crippen LogP contribution in [0.2, 0.25) is 0 Å². The van der Waals surface area contributed by atoms with Gasteiger partial charge in [-0.25, -0.2) is 4.79 Å². The number of hydrogen-bond acceptors (Lipinski definition) is 2. The topological polar surface area (TPSA) is 46.5 Å². The SMILES string of the molecule is CCCCCCCCCCCCCCCCCCOC(=O)O. The third kappa shape index (κ3) is 19.3. The Balaban J connectivity index is 2.95. The molecule has 0 bridgehead atoms. The van der Waals surface area contributed by atoms with E-state index >= 15 is 0 Å². The second kappa shape index (κ2) is 18.3. The molecule has 0 spiro atoms. The Bertz CT molecular complexity index is 229. The van der Waals surface area contributed by atoms with Gasteiger partial charge in [0.05, 0.1) is 6.61 Å². The molecule has 22 heavy (non-hydrogen) atoms. The number of carbonyl (C=O) groups is 1. The zero-order valence-corrected chi connectivity index (χ0v) is 14.8. The van der Waals surface area contributed by atoms with E-state index in [0.717, 1.165) is 12.8 Å². The van der Waals surface area contributed by atoms with Crippen LogP contribution in [-0.2, 0) is 4.74 Å². The number of hydrogen-bond donors (Lipinski definition) is 1. The van der Waals surface area contributed by atoms with Crippen LogP contribution < -0.4 is 0 Å². The van der Waals surface area contributed by atoms with Gasteiger partial charge in [0.25, 0.3) is 0 Å². The summed E-state index contributed by atoms with van der Waals surface area (Å²) < 4.78 is 4.48. The van der Waals surface area contributed by atoms with Crippen LogP contribution in [-0.4, -0.2) is 17.9 Å². The largest absolute Gasteiger partial charge is 0.505 e. The van der Waals surface area contributed by atoms with Crippen molar-refractivity contribution in [2.24, 2.45) is 0 Å². The molecule has 0 aliphatic carbocycles. The molecule has 0 heterocycles. The Hall–Kier alpha value is -0.730. The van der Waals surface area contributed by atoms with Gasteiger partial charge in [-0.15, -0.1) is 0 Å². The summed E-state index contributed by atoms with van der Waals surface area (Å²) in [5.74, 6) is 0. The molecule has 0 unspecified atom stereocenters. The molecule has 3 nitrogen and oxygen atoms in total. The highest BCUT2D eigenvalue weighted by molar-refractivity contribution is 5.56. The van der Waals surface area contributed by atoms with Crippen molar-refractivity contribution >= 4 is 6.16 Å². The summed E-state index contributed by atoms with van der Waals surface area (Å²) in [6.45, 7) is 2.63. The first-order chi connectivity index (χ1) is 10.8. The maximum atomic E-state index is 10.1. The summed E-state index contributed by atoms with van der Waals surface area (Å²) in [7, 11) is 0. The Kier molecular flexibility index (Phi) is 17.7. The highest BCUT2D eigenvalue weighted by Gasteiger charge is 1.96. The maximum Gasteiger partial charge on any atom is 0.505 e. The van der Waals surface area contributed by atoms with E-state index in [1.54, 1.807) is 0 Å². The van der Waals surface area contributed by atoms with Crippen LogP contribution in [0.4, 0.5) is 4.79 Å². The average molecular weight is 315 g/mol. The number of carboxylic acid groups (broad SMARTS) is 1. The van der Waals surface area contributed by atoms with Crippen LogP contribution in [0.3, 0.4) is 0 Å². The lowest BCUT2D eigenvalue weighted by Crippen LogP contribution is -2.01. The van der Waals surface area contributed by atoms with Crippen molar-refractivity contribution in [1.82, 2.24) is 0 Å². The van der Waals surface area contributed by atoms with Crippen molar-refractivity contribution in [3.05, 3.63) is 0 Å². The number of ether oxygens (including phenoxy) is 1.